The second-order valence-electron chi connectivity index (χ2n) is 4.77. The lowest BCUT2D eigenvalue weighted by molar-refractivity contribution is 0.276. The molecule has 0 saturated carbocycles. The van der Waals surface area contributed by atoms with Crippen molar-refractivity contribution in [1.29, 1.82) is 0 Å². The first-order valence-corrected chi connectivity index (χ1v) is 9.54. The molecule has 5 heteroatoms. The van der Waals surface area contributed by atoms with Gasteiger partial charge in [0.15, 0.2) is 0 Å². The van der Waals surface area contributed by atoms with Crippen molar-refractivity contribution in [3.63, 3.8) is 0 Å². The molecule has 0 saturated heterocycles. The maximum Gasteiger partial charge on any atom is 0.320 e. The second kappa shape index (κ2) is 15.7. The summed E-state index contributed by atoms with van der Waals surface area (Å²) in [6.07, 6.45) is 3.43. The van der Waals surface area contributed by atoms with Gasteiger partial charge in [-0.3, -0.25) is 0 Å². The third-order valence-electron chi connectivity index (χ3n) is 3.10. The second-order valence-corrected chi connectivity index (χ2v) is 7.15. The minimum Gasteiger partial charge on any atom is -0.400 e. The van der Waals surface area contributed by atoms with Crippen molar-refractivity contribution in [3.05, 3.63) is 35.9 Å². The van der Waals surface area contributed by atoms with Gasteiger partial charge in [-0.15, -0.1) is 0 Å². The van der Waals surface area contributed by atoms with Crippen LogP contribution in [0.4, 0.5) is 0 Å². The van der Waals surface area contributed by atoms with Crippen molar-refractivity contribution in [1.82, 2.24) is 5.32 Å². The van der Waals surface area contributed by atoms with E-state index >= 15 is 0 Å². The molecule has 1 aromatic carbocycles. The van der Waals surface area contributed by atoms with Gasteiger partial charge in [-0.25, -0.2) is 0 Å². The summed E-state index contributed by atoms with van der Waals surface area (Å²) in [5.74, 6) is 0. The van der Waals surface area contributed by atoms with Crippen LogP contribution >= 0.6 is 0 Å². The van der Waals surface area contributed by atoms with Crippen LogP contribution in [0.2, 0.25) is 6.04 Å². The van der Waals surface area contributed by atoms with Crippen LogP contribution in [0.5, 0.6) is 0 Å². The molecule has 0 unspecified atom stereocenters. The molecule has 0 atom stereocenters. The Labute approximate surface area is 131 Å². The van der Waals surface area contributed by atoms with E-state index in [1.165, 1.54) is 18.4 Å². The molecule has 0 aliphatic rings. The van der Waals surface area contributed by atoms with Crippen LogP contribution in [0.3, 0.4) is 0 Å². The largest absolute Gasteiger partial charge is 0.400 e. The Morgan fingerprint density at radius 3 is 2.29 bits per heavy atom. The van der Waals surface area contributed by atoms with Crippen LogP contribution in [0, 0.1) is 0 Å². The Hall–Kier alpha value is -0.723. The molecule has 0 bridgehead atoms. The lowest BCUT2D eigenvalue weighted by Crippen LogP contribution is -2.19. The fourth-order valence-corrected chi connectivity index (χ4v) is 3.17. The molecule has 1 rings (SSSR count). The minimum absolute atomic E-state index is 0.740. The van der Waals surface area contributed by atoms with Crippen molar-refractivity contribution in [2.45, 2.75) is 32.2 Å². The summed E-state index contributed by atoms with van der Waals surface area (Å²) in [6, 6.07) is 11.4. The summed E-state index contributed by atoms with van der Waals surface area (Å²) in [5.41, 5.74) is 6.68. The van der Waals surface area contributed by atoms with E-state index in [4.69, 9.17) is 14.6 Å². The molecule has 0 heterocycles. The molecule has 0 amide bonds. The van der Waals surface area contributed by atoms with E-state index in [0.717, 1.165) is 32.1 Å². The van der Waals surface area contributed by atoms with Gasteiger partial charge in [0.05, 0.1) is 0 Å². The van der Waals surface area contributed by atoms with E-state index < -0.39 is 9.28 Å². The number of hydrogen-bond acceptors (Lipinski definition) is 4. The van der Waals surface area contributed by atoms with E-state index in [1.807, 2.05) is 18.2 Å². The van der Waals surface area contributed by atoms with Gasteiger partial charge in [0.25, 0.3) is 0 Å². The fraction of sp³-hybridized carbons (Fsp3) is 0.625. The van der Waals surface area contributed by atoms with Crippen LogP contribution in [0.15, 0.2) is 30.3 Å². The van der Waals surface area contributed by atoms with Gasteiger partial charge in [-0.2, -0.15) is 0 Å². The van der Waals surface area contributed by atoms with Gasteiger partial charge in [0.2, 0.25) is 0 Å². The smallest absolute Gasteiger partial charge is 0.320 e. The van der Waals surface area contributed by atoms with Crippen molar-refractivity contribution in [2.24, 2.45) is 5.73 Å². The summed E-state index contributed by atoms with van der Waals surface area (Å²) in [7, 11) is 2.21. The van der Waals surface area contributed by atoms with Crippen LogP contribution in [-0.4, -0.2) is 43.1 Å². The first kappa shape index (κ1) is 20.3. The molecule has 122 valence electrons. The van der Waals surface area contributed by atoms with Crippen LogP contribution in [0.25, 0.3) is 0 Å². The third-order valence-corrected chi connectivity index (χ3v) is 5.03. The zero-order valence-corrected chi connectivity index (χ0v) is 15.0. The maximum atomic E-state index is 5.36. The Bertz CT molecular complexity index is 308. The number of unbranched alkanes of at least 4 members (excludes halogenated alkanes) is 1. The number of rotatable bonds is 10. The first-order valence-electron chi connectivity index (χ1n) is 7.78. The highest BCUT2D eigenvalue weighted by Gasteiger charge is 2.07. The summed E-state index contributed by atoms with van der Waals surface area (Å²) in [6.45, 7) is 5.05. The number of nitrogens with one attached hydrogen (secondary N) is 1. The number of benzene rings is 1. The van der Waals surface area contributed by atoms with Crippen molar-refractivity contribution >= 4 is 9.28 Å². The Morgan fingerprint density at radius 2 is 1.76 bits per heavy atom. The normalized spacial score (nSPS) is 10.3. The quantitative estimate of drug-likeness (QED) is 0.513. The molecule has 3 N–H and O–H groups in total. The van der Waals surface area contributed by atoms with E-state index in [-0.39, 0.29) is 0 Å². The average molecular weight is 313 g/mol. The molecular formula is C16H32N2O2Si. The van der Waals surface area contributed by atoms with Gasteiger partial charge >= 0.3 is 9.28 Å². The predicted octanol–water partition coefficient (Wildman–Crippen LogP) is 2.08. The fourth-order valence-electron chi connectivity index (χ4n) is 1.88. The minimum atomic E-state index is -1.27. The van der Waals surface area contributed by atoms with E-state index in [1.54, 1.807) is 14.2 Å². The predicted molar refractivity (Wildman–Crippen MR) is 93.0 cm³/mol. The van der Waals surface area contributed by atoms with Crippen molar-refractivity contribution < 1.29 is 8.85 Å². The molecule has 0 radical (unpaired) electrons. The molecule has 4 nitrogen and oxygen atoms in total. The highest BCUT2D eigenvalue weighted by Crippen LogP contribution is 2.01. The zero-order chi connectivity index (χ0) is 15.8. The number of hydrogen-bond donors (Lipinski definition) is 2. The van der Waals surface area contributed by atoms with Crippen LogP contribution in [-0.2, 0) is 15.3 Å². The molecule has 0 aliphatic carbocycles. The van der Waals surface area contributed by atoms with Crippen LogP contribution < -0.4 is 11.1 Å². The van der Waals surface area contributed by atoms with Gasteiger partial charge < -0.3 is 19.9 Å². The van der Waals surface area contributed by atoms with Crippen molar-refractivity contribution in [3.8, 4) is 0 Å². The summed E-state index contributed by atoms with van der Waals surface area (Å²) < 4.78 is 10.4. The van der Waals surface area contributed by atoms with Gasteiger partial charge in [-0.05, 0) is 44.1 Å². The Kier molecular flexibility index (Phi) is 15.1. The van der Waals surface area contributed by atoms with Crippen LogP contribution in [0.1, 0.15) is 25.3 Å². The summed E-state index contributed by atoms with van der Waals surface area (Å²) in [4.78, 5) is 0. The molecule has 0 fully saturated rings. The molecule has 0 aliphatic heterocycles. The molecule has 0 spiro atoms. The lowest BCUT2D eigenvalue weighted by Gasteiger charge is -2.10. The molecular weight excluding hydrogens is 280 g/mol. The molecule has 0 aromatic heterocycles. The topological polar surface area (TPSA) is 56.5 Å². The van der Waals surface area contributed by atoms with E-state index in [2.05, 4.69) is 24.4 Å². The zero-order valence-electron chi connectivity index (χ0n) is 13.8. The van der Waals surface area contributed by atoms with Gasteiger partial charge in [0.1, 0.15) is 0 Å². The number of nitrogens with two attached hydrogens (primary N) is 1. The molecule has 1 aromatic rings. The first-order chi connectivity index (χ1) is 10.3. The maximum absolute atomic E-state index is 5.36. The SMILES string of the molecule is CCNCCCC[SiH](OC)OC.NCCc1ccccc1. The van der Waals surface area contributed by atoms with Gasteiger partial charge in [-0.1, -0.05) is 43.7 Å². The summed E-state index contributed by atoms with van der Waals surface area (Å²) in [5, 5.41) is 3.29. The van der Waals surface area contributed by atoms with E-state index in [0.29, 0.717) is 0 Å². The molecule has 21 heavy (non-hydrogen) atoms. The standard InChI is InChI=1S/C8H21NO2Si.C8H11N/c1-4-9-7-5-6-8-12(10-2)11-3;9-7-6-8-4-2-1-3-5-8/h9,12H,4-8H2,1-3H3;1-5H,6-7,9H2. The Balaban J connectivity index is 0.000000394. The van der Waals surface area contributed by atoms with E-state index in [9.17, 15) is 0 Å². The monoisotopic (exact) mass is 312 g/mol. The van der Waals surface area contributed by atoms with Crippen molar-refractivity contribution in [2.75, 3.05) is 33.9 Å². The summed E-state index contributed by atoms with van der Waals surface area (Å²) >= 11 is 0. The lowest BCUT2D eigenvalue weighted by atomic mass is 10.2. The highest BCUT2D eigenvalue weighted by atomic mass is 28.3. The Morgan fingerprint density at radius 1 is 1.10 bits per heavy atom. The highest BCUT2D eigenvalue weighted by molar-refractivity contribution is 6.44. The third kappa shape index (κ3) is 12.7. The average Bonchev–Trinajstić information content (AvgIpc) is 2.53. The van der Waals surface area contributed by atoms with Gasteiger partial charge in [0, 0.05) is 14.2 Å².